The third-order valence-corrected chi connectivity index (χ3v) is 1.56. The summed E-state index contributed by atoms with van der Waals surface area (Å²) in [6.45, 7) is 1.94. The third kappa shape index (κ3) is 3.30. The standard InChI is InChI=1S/C10H11NO4/c1-2-15-10(13)9(11-7-12)5-8-3-4-14-6-8/h3-7H,2H2,1H3,(H,11,12)/b9-5-. The van der Waals surface area contributed by atoms with E-state index in [1.807, 2.05) is 0 Å². The van der Waals surface area contributed by atoms with Gasteiger partial charge >= 0.3 is 5.97 Å². The normalized spacial score (nSPS) is 10.9. The van der Waals surface area contributed by atoms with Crippen molar-refractivity contribution in [1.29, 1.82) is 0 Å². The van der Waals surface area contributed by atoms with Crippen molar-refractivity contribution >= 4 is 18.5 Å². The Morgan fingerprint density at radius 1 is 1.67 bits per heavy atom. The molecule has 0 aliphatic carbocycles. The quantitative estimate of drug-likeness (QED) is 0.445. The Hall–Kier alpha value is -2.04. The number of ether oxygens (including phenoxy) is 1. The second kappa shape index (κ2) is 5.64. The van der Waals surface area contributed by atoms with Crippen LogP contribution >= 0.6 is 0 Å². The lowest BCUT2D eigenvalue weighted by Gasteiger charge is -2.03. The maximum absolute atomic E-state index is 11.3. The van der Waals surface area contributed by atoms with Crippen LogP contribution in [-0.2, 0) is 14.3 Å². The first-order valence-corrected chi connectivity index (χ1v) is 4.39. The van der Waals surface area contributed by atoms with Gasteiger partial charge in [-0.1, -0.05) is 0 Å². The van der Waals surface area contributed by atoms with E-state index in [4.69, 9.17) is 9.15 Å². The van der Waals surface area contributed by atoms with E-state index >= 15 is 0 Å². The van der Waals surface area contributed by atoms with Crippen LogP contribution in [0.3, 0.4) is 0 Å². The van der Waals surface area contributed by atoms with Gasteiger partial charge in [0.1, 0.15) is 5.70 Å². The molecule has 0 bridgehead atoms. The molecule has 1 aromatic rings. The molecule has 80 valence electrons. The van der Waals surface area contributed by atoms with E-state index in [1.54, 1.807) is 13.0 Å². The van der Waals surface area contributed by atoms with Crippen LogP contribution in [0, 0.1) is 0 Å². The maximum atomic E-state index is 11.3. The summed E-state index contributed by atoms with van der Waals surface area (Å²) in [4.78, 5) is 21.6. The molecule has 0 atom stereocenters. The summed E-state index contributed by atoms with van der Waals surface area (Å²) in [7, 11) is 0. The van der Waals surface area contributed by atoms with Crippen LogP contribution in [0.2, 0.25) is 0 Å². The van der Waals surface area contributed by atoms with Crippen LogP contribution < -0.4 is 5.32 Å². The monoisotopic (exact) mass is 209 g/mol. The van der Waals surface area contributed by atoms with E-state index in [-0.39, 0.29) is 12.3 Å². The largest absolute Gasteiger partial charge is 0.472 e. The number of furan rings is 1. The Kier molecular flexibility index (Phi) is 4.15. The van der Waals surface area contributed by atoms with Crippen molar-refractivity contribution in [3.63, 3.8) is 0 Å². The predicted molar refractivity (Wildman–Crippen MR) is 52.5 cm³/mol. The van der Waals surface area contributed by atoms with Crippen molar-refractivity contribution in [2.75, 3.05) is 6.61 Å². The van der Waals surface area contributed by atoms with Gasteiger partial charge in [-0.15, -0.1) is 0 Å². The minimum Gasteiger partial charge on any atom is -0.472 e. The second-order valence-electron chi connectivity index (χ2n) is 2.60. The van der Waals surface area contributed by atoms with Crippen molar-refractivity contribution in [3.05, 3.63) is 29.9 Å². The fraction of sp³-hybridized carbons (Fsp3) is 0.200. The molecule has 1 rings (SSSR count). The van der Waals surface area contributed by atoms with Gasteiger partial charge in [-0.25, -0.2) is 4.79 Å². The van der Waals surface area contributed by atoms with Gasteiger partial charge in [0, 0.05) is 5.56 Å². The number of carbonyl (C=O) groups excluding carboxylic acids is 2. The molecule has 0 aliphatic rings. The van der Waals surface area contributed by atoms with E-state index in [0.29, 0.717) is 12.0 Å². The van der Waals surface area contributed by atoms with Crippen molar-refractivity contribution in [3.8, 4) is 0 Å². The molecule has 5 heteroatoms. The lowest BCUT2D eigenvalue weighted by Crippen LogP contribution is -2.20. The molecule has 0 spiro atoms. The zero-order valence-corrected chi connectivity index (χ0v) is 8.23. The van der Waals surface area contributed by atoms with Gasteiger partial charge in [-0.05, 0) is 19.1 Å². The smallest absolute Gasteiger partial charge is 0.354 e. The Morgan fingerprint density at radius 2 is 2.47 bits per heavy atom. The molecule has 0 unspecified atom stereocenters. The van der Waals surface area contributed by atoms with Crippen LogP contribution in [0.1, 0.15) is 12.5 Å². The second-order valence-corrected chi connectivity index (χ2v) is 2.60. The number of amides is 1. The maximum Gasteiger partial charge on any atom is 0.354 e. The Balaban J connectivity index is 2.81. The fourth-order valence-electron chi connectivity index (χ4n) is 0.956. The first-order chi connectivity index (χ1) is 7.27. The molecular weight excluding hydrogens is 198 g/mol. The molecular formula is C10H11NO4. The molecule has 0 aromatic carbocycles. The molecule has 0 aliphatic heterocycles. The topological polar surface area (TPSA) is 68.5 Å². The van der Waals surface area contributed by atoms with Crippen LogP contribution in [0.15, 0.2) is 28.7 Å². The molecule has 0 fully saturated rings. The van der Waals surface area contributed by atoms with E-state index < -0.39 is 5.97 Å². The minimum absolute atomic E-state index is 0.0771. The summed E-state index contributed by atoms with van der Waals surface area (Å²) in [6.07, 6.45) is 4.81. The van der Waals surface area contributed by atoms with E-state index in [0.717, 1.165) is 0 Å². The van der Waals surface area contributed by atoms with Crippen LogP contribution in [0.4, 0.5) is 0 Å². The van der Waals surface area contributed by atoms with E-state index in [9.17, 15) is 9.59 Å². The van der Waals surface area contributed by atoms with Crippen LogP contribution in [0.25, 0.3) is 6.08 Å². The van der Waals surface area contributed by atoms with Gasteiger partial charge in [0.05, 0.1) is 19.1 Å². The Bertz CT molecular complexity index is 354. The molecule has 0 radical (unpaired) electrons. The van der Waals surface area contributed by atoms with Gasteiger partial charge in [-0.3, -0.25) is 4.79 Å². The molecule has 5 nitrogen and oxygen atoms in total. The average Bonchev–Trinajstić information content (AvgIpc) is 2.70. The van der Waals surface area contributed by atoms with Crippen molar-refractivity contribution in [2.24, 2.45) is 0 Å². The van der Waals surface area contributed by atoms with Gasteiger partial charge < -0.3 is 14.5 Å². The summed E-state index contributed by atoms with van der Waals surface area (Å²) < 4.78 is 9.57. The minimum atomic E-state index is -0.578. The number of carbonyl (C=O) groups is 2. The van der Waals surface area contributed by atoms with Crippen molar-refractivity contribution in [1.82, 2.24) is 5.32 Å². The highest BCUT2D eigenvalue weighted by Gasteiger charge is 2.09. The summed E-state index contributed by atoms with van der Waals surface area (Å²) in [5.74, 6) is -0.578. The highest BCUT2D eigenvalue weighted by Crippen LogP contribution is 2.06. The van der Waals surface area contributed by atoms with Gasteiger partial charge in [0.15, 0.2) is 0 Å². The summed E-state index contributed by atoms with van der Waals surface area (Å²) >= 11 is 0. The van der Waals surface area contributed by atoms with Gasteiger partial charge in [0.25, 0.3) is 0 Å². The van der Waals surface area contributed by atoms with Crippen molar-refractivity contribution in [2.45, 2.75) is 6.92 Å². The molecule has 1 N–H and O–H groups in total. The zero-order valence-electron chi connectivity index (χ0n) is 8.23. The summed E-state index contributed by atoms with van der Waals surface area (Å²) in [6, 6.07) is 1.66. The van der Waals surface area contributed by atoms with Crippen LogP contribution in [0.5, 0.6) is 0 Å². The Labute approximate surface area is 86.7 Å². The number of hydrogen-bond donors (Lipinski definition) is 1. The lowest BCUT2D eigenvalue weighted by molar-refractivity contribution is -0.139. The highest BCUT2D eigenvalue weighted by molar-refractivity contribution is 5.95. The average molecular weight is 209 g/mol. The molecule has 1 heterocycles. The Morgan fingerprint density at radius 3 is 3.00 bits per heavy atom. The summed E-state index contributed by atoms with van der Waals surface area (Å²) in [5, 5.41) is 2.27. The molecule has 15 heavy (non-hydrogen) atoms. The number of esters is 1. The van der Waals surface area contributed by atoms with Crippen LogP contribution in [-0.4, -0.2) is 19.0 Å². The molecule has 1 amide bonds. The number of rotatable bonds is 5. The van der Waals surface area contributed by atoms with Crippen molar-refractivity contribution < 1.29 is 18.7 Å². The number of hydrogen-bond acceptors (Lipinski definition) is 4. The number of nitrogens with one attached hydrogen (secondary N) is 1. The summed E-state index contributed by atoms with van der Waals surface area (Å²) in [5.41, 5.74) is 0.751. The molecule has 0 saturated heterocycles. The van der Waals surface area contributed by atoms with E-state index in [1.165, 1.54) is 18.6 Å². The van der Waals surface area contributed by atoms with Gasteiger partial charge in [0.2, 0.25) is 6.41 Å². The first-order valence-electron chi connectivity index (χ1n) is 4.39. The predicted octanol–water partition coefficient (Wildman–Crippen LogP) is 0.930. The fourth-order valence-corrected chi connectivity index (χ4v) is 0.956. The van der Waals surface area contributed by atoms with E-state index in [2.05, 4.69) is 5.32 Å². The lowest BCUT2D eigenvalue weighted by atomic mass is 10.2. The highest BCUT2D eigenvalue weighted by atomic mass is 16.5. The SMILES string of the molecule is CCOC(=O)/C(=C/c1ccoc1)NC=O. The molecule has 0 saturated carbocycles. The first kappa shape index (κ1) is 11.0. The zero-order chi connectivity index (χ0) is 11.1. The molecule has 1 aromatic heterocycles. The van der Waals surface area contributed by atoms with Gasteiger partial charge in [-0.2, -0.15) is 0 Å². The third-order valence-electron chi connectivity index (χ3n) is 1.56.